The van der Waals surface area contributed by atoms with Crippen molar-refractivity contribution in [1.82, 2.24) is 25.2 Å². The standard InChI is InChI=1S/C19H20N6O/c1-20-19(22-13-18-24-23-17-8-4-5-11-25(17)18)21-10-9-15-12-14-6-2-3-7-16(14)26-15/h2-8,11-12H,9-10,13H2,1H3,(H2,20,21,22). The predicted molar refractivity (Wildman–Crippen MR) is 101 cm³/mol. The molecule has 0 aliphatic carbocycles. The highest BCUT2D eigenvalue weighted by atomic mass is 16.3. The van der Waals surface area contributed by atoms with Crippen molar-refractivity contribution >= 4 is 22.6 Å². The molecule has 0 saturated heterocycles. The van der Waals surface area contributed by atoms with Crippen LogP contribution in [0.15, 0.2) is 64.1 Å². The number of pyridine rings is 1. The second kappa shape index (κ2) is 7.26. The monoisotopic (exact) mass is 348 g/mol. The number of nitrogens with zero attached hydrogens (tertiary/aromatic N) is 4. The summed E-state index contributed by atoms with van der Waals surface area (Å²) in [5, 5.41) is 16.0. The number of guanidine groups is 1. The molecule has 0 fully saturated rings. The summed E-state index contributed by atoms with van der Waals surface area (Å²) in [5.41, 5.74) is 1.75. The number of fused-ring (bicyclic) bond motifs is 2. The second-order valence-corrected chi connectivity index (χ2v) is 5.90. The van der Waals surface area contributed by atoms with Gasteiger partial charge in [0, 0.05) is 31.6 Å². The summed E-state index contributed by atoms with van der Waals surface area (Å²) in [7, 11) is 1.75. The summed E-state index contributed by atoms with van der Waals surface area (Å²) in [6.45, 7) is 1.26. The Hall–Kier alpha value is -3.35. The highest BCUT2D eigenvalue weighted by Crippen LogP contribution is 2.18. The second-order valence-electron chi connectivity index (χ2n) is 5.90. The van der Waals surface area contributed by atoms with Gasteiger partial charge in [0.05, 0.1) is 6.54 Å². The molecule has 4 rings (SSSR count). The minimum Gasteiger partial charge on any atom is -0.461 e. The first-order valence-corrected chi connectivity index (χ1v) is 8.54. The molecule has 0 amide bonds. The first-order chi connectivity index (χ1) is 12.8. The van der Waals surface area contributed by atoms with Crippen molar-refractivity contribution in [1.29, 1.82) is 0 Å². The molecule has 1 aromatic carbocycles. The molecule has 26 heavy (non-hydrogen) atoms. The Morgan fingerprint density at radius 3 is 2.88 bits per heavy atom. The number of para-hydroxylation sites is 1. The molecule has 2 N–H and O–H groups in total. The molecule has 3 heterocycles. The van der Waals surface area contributed by atoms with E-state index >= 15 is 0 Å². The zero-order valence-electron chi connectivity index (χ0n) is 14.5. The lowest BCUT2D eigenvalue weighted by Crippen LogP contribution is -2.38. The van der Waals surface area contributed by atoms with Gasteiger partial charge in [0.15, 0.2) is 17.4 Å². The number of aromatic nitrogens is 3. The van der Waals surface area contributed by atoms with Gasteiger partial charge in [0.2, 0.25) is 0 Å². The van der Waals surface area contributed by atoms with Crippen LogP contribution < -0.4 is 10.6 Å². The first-order valence-electron chi connectivity index (χ1n) is 8.54. The number of hydrogen-bond acceptors (Lipinski definition) is 4. The number of furan rings is 1. The van der Waals surface area contributed by atoms with Crippen molar-refractivity contribution in [3.63, 3.8) is 0 Å². The molecule has 0 bridgehead atoms. The van der Waals surface area contributed by atoms with Gasteiger partial charge in [-0.25, -0.2) is 0 Å². The van der Waals surface area contributed by atoms with E-state index in [1.807, 2.05) is 47.0 Å². The van der Waals surface area contributed by atoms with E-state index in [0.717, 1.165) is 41.2 Å². The van der Waals surface area contributed by atoms with E-state index in [0.29, 0.717) is 12.5 Å². The molecule has 0 atom stereocenters. The van der Waals surface area contributed by atoms with Crippen LogP contribution >= 0.6 is 0 Å². The molecule has 7 heteroatoms. The van der Waals surface area contributed by atoms with Crippen LogP contribution in [-0.2, 0) is 13.0 Å². The zero-order valence-corrected chi connectivity index (χ0v) is 14.5. The first kappa shape index (κ1) is 16.1. The Bertz CT molecular complexity index is 1020. The number of rotatable bonds is 5. The van der Waals surface area contributed by atoms with Gasteiger partial charge in [-0.3, -0.25) is 9.39 Å². The smallest absolute Gasteiger partial charge is 0.191 e. The Labute approximate surface area is 150 Å². The van der Waals surface area contributed by atoms with E-state index in [4.69, 9.17) is 4.42 Å². The van der Waals surface area contributed by atoms with Crippen molar-refractivity contribution in [2.45, 2.75) is 13.0 Å². The van der Waals surface area contributed by atoms with Crippen LogP contribution in [0.3, 0.4) is 0 Å². The molecule has 0 aliphatic rings. The normalized spacial score (nSPS) is 12.0. The molecule has 0 unspecified atom stereocenters. The van der Waals surface area contributed by atoms with E-state index in [2.05, 4.69) is 38.0 Å². The molecule has 0 saturated carbocycles. The van der Waals surface area contributed by atoms with Crippen molar-refractivity contribution in [3.05, 3.63) is 66.3 Å². The lowest BCUT2D eigenvalue weighted by Gasteiger charge is -2.10. The molecular weight excluding hydrogens is 328 g/mol. The Morgan fingerprint density at radius 1 is 1.12 bits per heavy atom. The van der Waals surface area contributed by atoms with E-state index in [9.17, 15) is 0 Å². The molecule has 0 spiro atoms. The lowest BCUT2D eigenvalue weighted by atomic mass is 10.2. The summed E-state index contributed by atoms with van der Waals surface area (Å²) >= 11 is 0. The topological polar surface area (TPSA) is 79.8 Å². The molecular formula is C19H20N6O. The molecule has 132 valence electrons. The van der Waals surface area contributed by atoms with E-state index in [1.165, 1.54) is 0 Å². The Balaban J connectivity index is 1.32. The summed E-state index contributed by atoms with van der Waals surface area (Å²) in [6.07, 6.45) is 2.73. The highest BCUT2D eigenvalue weighted by molar-refractivity contribution is 5.79. The van der Waals surface area contributed by atoms with Gasteiger partial charge in [-0.15, -0.1) is 10.2 Å². The van der Waals surface area contributed by atoms with Crippen molar-refractivity contribution in [2.75, 3.05) is 13.6 Å². The van der Waals surface area contributed by atoms with Crippen molar-refractivity contribution in [3.8, 4) is 0 Å². The van der Waals surface area contributed by atoms with Crippen LogP contribution in [0.2, 0.25) is 0 Å². The van der Waals surface area contributed by atoms with Gasteiger partial charge in [0.25, 0.3) is 0 Å². The number of nitrogens with one attached hydrogen (secondary N) is 2. The third-order valence-electron chi connectivity index (χ3n) is 4.16. The minimum atomic E-state index is 0.537. The van der Waals surface area contributed by atoms with E-state index in [1.54, 1.807) is 7.05 Å². The van der Waals surface area contributed by atoms with Gasteiger partial charge in [-0.2, -0.15) is 0 Å². The van der Waals surface area contributed by atoms with Crippen LogP contribution in [-0.4, -0.2) is 34.2 Å². The molecule has 3 aromatic heterocycles. The van der Waals surface area contributed by atoms with E-state index < -0.39 is 0 Å². The fourth-order valence-electron chi connectivity index (χ4n) is 2.86. The van der Waals surface area contributed by atoms with Gasteiger partial charge in [-0.1, -0.05) is 24.3 Å². The fraction of sp³-hybridized carbons (Fsp3) is 0.211. The number of hydrogen-bond donors (Lipinski definition) is 2. The number of benzene rings is 1. The maximum Gasteiger partial charge on any atom is 0.191 e. The summed E-state index contributed by atoms with van der Waals surface area (Å²) < 4.78 is 7.78. The SMILES string of the molecule is CN=C(NCCc1cc2ccccc2o1)NCc1nnc2ccccn12. The third-order valence-corrected chi connectivity index (χ3v) is 4.16. The maximum absolute atomic E-state index is 5.83. The molecule has 7 nitrogen and oxygen atoms in total. The Morgan fingerprint density at radius 2 is 2.00 bits per heavy atom. The van der Waals surface area contributed by atoms with Crippen molar-refractivity contribution in [2.24, 2.45) is 4.99 Å². The molecule has 0 aliphatic heterocycles. The summed E-state index contributed by atoms with van der Waals surface area (Å²) in [6, 6.07) is 15.9. The van der Waals surface area contributed by atoms with Crippen LogP contribution in [0.4, 0.5) is 0 Å². The largest absolute Gasteiger partial charge is 0.461 e. The van der Waals surface area contributed by atoms with Crippen LogP contribution in [0.5, 0.6) is 0 Å². The van der Waals surface area contributed by atoms with Gasteiger partial charge < -0.3 is 15.1 Å². The maximum atomic E-state index is 5.83. The van der Waals surface area contributed by atoms with Crippen LogP contribution in [0, 0.1) is 0 Å². The minimum absolute atomic E-state index is 0.537. The third kappa shape index (κ3) is 3.37. The zero-order chi connectivity index (χ0) is 17.8. The number of aliphatic imine (C=N–C) groups is 1. The van der Waals surface area contributed by atoms with Crippen LogP contribution in [0.25, 0.3) is 16.6 Å². The quantitative estimate of drug-likeness (QED) is 0.428. The summed E-state index contributed by atoms with van der Waals surface area (Å²) in [4.78, 5) is 4.25. The lowest BCUT2D eigenvalue weighted by molar-refractivity contribution is 0.544. The summed E-state index contributed by atoms with van der Waals surface area (Å²) in [5.74, 6) is 2.51. The molecule has 4 aromatic rings. The van der Waals surface area contributed by atoms with E-state index in [-0.39, 0.29) is 0 Å². The van der Waals surface area contributed by atoms with Gasteiger partial charge in [0.1, 0.15) is 11.3 Å². The fourth-order valence-corrected chi connectivity index (χ4v) is 2.86. The average molecular weight is 348 g/mol. The van der Waals surface area contributed by atoms with Gasteiger partial charge >= 0.3 is 0 Å². The van der Waals surface area contributed by atoms with Crippen LogP contribution in [0.1, 0.15) is 11.6 Å². The predicted octanol–water partition coefficient (Wildman–Crippen LogP) is 2.38. The van der Waals surface area contributed by atoms with Crippen molar-refractivity contribution < 1.29 is 4.42 Å². The molecule has 0 radical (unpaired) electrons. The highest BCUT2D eigenvalue weighted by Gasteiger charge is 2.06. The Kier molecular flexibility index (Phi) is 4.51. The average Bonchev–Trinajstić information content (AvgIpc) is 3.28. The van der Waals surface area contributed by atoms with Gasteiger partial charge in [-0.05, 0) is 24.3 Å².